The first kappa shape index (κ1) is 13.7. The van der Waals surface area contributed by atoms with Crippen LogP contribution in [-0.2, 0) is 4.79 Å². The average Bonchev–Trinajstić information content (AvgIpc) is 2.94. The van der Waals surface area contributed by atoms with Gasteiger partial charge in [0.05, 0.1) is 0 Å². The number of rotatable bonds is 5. The minimum absolute atomic E-state index is 0.00902. The van der Waals surface area contributed by atoms with Crippen LogP contribution >= 0.6 is 0 Å². The number of amides is 1. The molecule has 1 saturated heterocycles. The number of aliphatic hydroxyl groups excluding tert-OH is 1. The van der Waals surface area contributed by atoms with E-state index in [1.54, 1.807) is 18.5 Å². The molecule has 0 bridgehead atoms. The molecule has 0 spiro atoms. The lowest BCUT2D eigenvalue weighted by molar-refractivity contribution is -0.122. The van der Waals surface area contributed by atoms with Gasteiger partial charge in [0.15, 0.2) is 0 Å². The molecule has 2 heterocycles. The van der Waals surface area contributed by atoms with Gasteiger partial charge in [-0.3, -0.25) is 4.79 Å². The molecular formula is C13H20N4O2. The molecule has 6 nitrogen and oxygen atoms in total. The molecule has 6 heteroatoms. The van der Waals surface area contributed by atoms with Crippen LogP contribution in [0.2, 0.25) is 0 Å². The van der Waals surface area contributed by atoms with Crippen molar-refractivity contribution in [3.63, 3.8) is 0 Å². The lowest BCUT2D eigenvalue weighted by Gasteiger charge is -2.24. The Bertz CT molecular complexity index is 412. The molecule has 0 radical (unpaired) electrons. The molecule has 1 fully saturated rings. The predicted molar refractivity (Wildman–Crippen MR) is 71.7 cm³/mol. The summed E-state index contributed by atoms with van der Waals surface area (Å²) >= 11 is 0. The van der Waals surface area contributed by atoms with E-state index in [1.807, 2.05) is 11.8 Å². The lowest BCUT2D eigenvalue weighted by Crippen LogP contribution is -2.45. The Labute approximate surface area is 112 Å². The Hall–Kier alpha value is -1.69. The monoisotopic (exact) mass is 264 g/mol. The van der Waals surface area contributed by atoms with Crippen molar-refractivity contribution in [1.82, 2.24) is 15.3 Å². The molecule has 0 aliphatic carbocycles. The van der Waals surface area contributed by atoms with Crippen LogP contribution in [0.15, 0.2) is 18.5 Å². The van der Waals surface area contributed by atoms with E-state index in [9.17, 15) is 4.79 Å². The first-order valence-corrected chi connectivity index (χ1v) is 6.64. The summed E-state index contributed by atoms with van der Waals surface area (Å²) in [6, 6.07) is 1.56. The van der Waals surface area contributed by atoms with Crippen molar-refractivity contribution < 1.29 is 9.90 Å². The second kappa shape index (κ2) is 6.47. The van der Waals surface area contributed by atoms with Gasteiger partial charge in [0.2, 0.25) is 11.9 Å². The van der Waals surface area contributed by atoms with E-state index < -0.39 is 0 Å². The van der Waals surface area contributed by atoms with Gasteiger partial charge in [0.25, 0.3) is 0 Å². The molecule has 2 rings (SSSR count). The zero-order valence-corrected chi connectivity index (χ0v) is 11.1. The number of carbonyl (C=O) groups is 1. The van der Waals surface area contributed by atoms with Gasteiger partial charge >= 0.3 is 0 Å². The summed E-state index contributed by atoms with van der Waals surface area (Å²) in [5.74, 6) is 0.674. The summed E-state index contributed by atoms with van der Waals surface area (Å²) in [7, 11) is 0. The van der Waals surface area contributed by atoms with Crippen LogP contribution in [0.4, 0.5) is 5.95 Å². The summed E-state index contributed by atoms with van der Waals surface area (Å²) in [6.45, 7) is 3.27. The summed E-state index contributed by atoms with van der Waals surface area (Å²) < 4.78 is 0. The van der Waals surface area contributed by atoms with Crippen LogP contribution in [-0.4, -0.2) is 46.7 Å². The van der Waals surface area contributed by atoms with Crippen molar-refractivity contribution in [2.24, 2.45) is 5.92 Å². The third kappa shape index (κ3) is 3.41. The standard InChI is InChI=1S/C13H20N4O2/c1-10(9-18)8-16-12(19)11-4-2-7-17(11)13-14-5-3-6-15-13/h3,5-6,10-11,18H,2,4,7-9H2,1H3,(H,16,19). The average molecular weight is 264 g/mol. The van der Waals surface area contributed by atoms with E-state index in [0.29, 0.717) is 12.5 Å². The Morgan fingerprint density at radius 1 is 1.58 bits per heavy atom. The van der Waals surface area contributed by atoms with Crippen molar-refractivity contribution in [3.8, 4) is 0 Å². The van der Waals surface area contributed by atoms with Crippen LogP contribution in [0.5, 0.6) is 0 Å². The molecule has 2 atom stereocenters. The molecule has 1 aliphatic rings. The second-order valence-electron chi connectivity index (χ2n) is 4.93. The van der Waals surface area contributed by atoms with E-state index in [4.69, 9.17) is 5.11 Å². The fourth-order valence-corrected chi connectivity index (χ4v) is 2.18. The van der Waals surface area contributed by atoms with Crippen molar-refractivity contribution in [2.45, 2.75) is 25.8 Å². The first-order valence-electron chi connectivity index (χ1n) is 6.64. The maximum atomic E-state index is 12.2. The van der Waals surface area contributed by atoms with Crippen molar-refractivity contribution in [3.05, 3.63) is 18.5 Å². The van der Waals surface area contributed by atoms with Gasteiger partial charge in [0.1, 0.15) is 6.04 Å². The highest BCUT2D eigenvalue weighted by Crippen LogP contribution is 2.21. The maximum Gasteiger partial charge on any atom is 0.242 e. The van der Waals surface area contributed by atoms with Crippen molar-refractivity contribution in [2.75, 3.05) is 24.6 Å². The number of hydrogen-bond donors (Lipinski definition) is 2. The van der Waals surface area contributed by atoms with Gasteiger partial charge in [-0.15, -0.1) is 0 Å². The van der Waals surface area contributed by atoms with Crippen LogP contribution < -0.4 is 10.2 Å². The molecule has 104 valence electrons. The molecule has 0 aromatic carbocycles. The molecular weight excluding hydrogens is 244 g/mol. The Balaban J connectivity index is 1.97. The zero-order chi connectivity index (χ0) is 13.7. The van der Waals surface area contributed by atoms with E-state index in [2.05, 4.69) is 15.3 Å². The first-order chi connectivity index (χ1) is 9.22. The Morgan fingerprint density at radius 3 is 3.00 bits per heavy atom. The summed E-state index contributed by atoms with van der Waals surface area (Å²) in [5, 5.41) is 11.8. The molecule has 1 aromatic heterocycles. The normalized spacial score (nSPS) is 20.3. The van der Waals surface area contributed by atoms with Crippen molar-refractivity contribution in [1.29, 1.82) is 0 Å². The number of nitrogens with zero attached hydrogens (tertiary/aromatic N) is 3. The summed E-state index contributed by atoms with van der Waals surface area (Å²) in [6.07, 6.45) is 5.15. The highest BCUT2D eigenvalue weighted by molar-refractivity contribution is 5.85. The van der Waals surface area contributed by atoms with E-state index in [0.717, 1.165) is 19.4 Å². The third-order valence-electron chi connectivity index (χ3n) is 3.30. The van der Waals surface area contributed by atoms with Gasteiger partial charge < -0.3 is 15.3 Å². The highest BCUT2D eigenvalue weighted by atomic mass is 16.3. The number of anilines is 1. The molecule has 0 saturated carbocycles. The Kier molecular flexibility index (Phi) is 4.68. The van der Waals surface area contributed by atoms with Crippen LogP contribution in [0.3, 0.4) is 0 Å². The fraction of sp³-hybridized carbons (Fsp3) is 0.615. The minimum Gasteiger partial charge on any atom is -0.396 e. The smallest absolute Gasteiger partial charge is 0.242 e. The SMILES string of the molecule is CC(CO)CNC(=O)C1CCCN1c1ncccn1. The number of carbonyl (C=O) groups excluding carboxylic acids is 1. The Morgan fingerprint density at radius 2 is 2.32 bits per heavy atom. The van der Waals surface area contributed by atoms with Gasteiger partial charge in [-0.2, -0.15) is 0 Å². The van der Waals surface area contributed by atoms with E-state index in [-0.39, 0.29) is 24.5 Å². The molecule has 19 heavy (non-hydrogen) atoms. The predicted octanol–water partition coefficient (Wildman–Crippen LogP) is 0.190. The number of hydrogen-bond acceptors (Lipinski definition) is 5. The largest absolute Gasteiger partial charge is 0.396 e. The van der Waals surface area contributed by atoms with Gasteiger partial charge in [-0.1, -0.05) is 6.92 Å². The molecule has 2 unspecified atom stereocenters. The van der Waals surface area contributed by atoms with Gasteiger partial charge in [0, 0.05) is 32.1 Å². The van der Waals surface area contributed by atoms with Crippen LogP contribution in [0.25, 0.3) is 0 Å². The number of aliphatic hydroxyl groups is 1. The maximum absolute atomic E-state index is 12.2. The van der Waals surface area contributed by atoms with Crippen molar-refractivity contribution >= 4 is 11.9 Å². The number of aromatic nitrogens is 2. The molecule has 1 amide bonds. The fourth-order valence-electron chi connectivity index (χ4n) is 2.18. The lowest BCUT2D eigenvalue weighted by atomic mass is 10.1. The van der Waals surface area contributed by atoms with Crippen LogP contribution in [0, 0.1) is 5.92 Å². The van der Waals surface area contributed by atoms with Crippen LogP contribution in [0.1, 0.15) is 19.8 Å². The summed E-state index contributed by atoms with van der Waals surface area (Å²) in [4.78, 5) is 22.5. The van der Waals surface area contributed by atoms with Gasteiger partial charge in [-0.05, 0) is 24.8 Å². The third-order valence-corrected chi connectivity index (χ3v) is 3.30. The topological polar surface area (TPSA) is 78.4 Å². The molecule has 1 aromatic rings. The van der Waals surface area contributed by atoms with E-state index >= 15 is 0 Å². The molecule has 1 aliphatic heterocycles. The van der Waals surface area contributed by atoms with E-state index in [1.165, 1.54) is 0 Å². The van der Waals surface area contributed by atoms with Gasteiger partial charge in [-0.25, -0.2) is 9.97 Å². The number of nitrogens with one attached hydrogen (secondary N) is 1. The quantitative estimate of drug-likeness (QED) is 0.794. The zero-order valence-electron chi connectivity index (χ0n) is 11.1. The second-order valence-corrected chi connectivity index (χ2v) is 4.93. The highest BCUT2D eigenvalue weighted by Gasteiger charge is 2.32. The minimum atomic E-state index is -0.201. The summed E-state index contributed by atoms with van der Waals surface area (Å²) in [5.41, 5.74) is 0. The molecule has 2 N–H and O–H groups in total.